The van der Waals surface area contributed by atoms with Crippen molar-refractivity contribution in [3.05, 3.63) is 59.7 Å². The van der Waals surface area contributed by atoms with Gasteiger partial charge < -0.3 is 4.90 Å². The first kappa shape index (κ1) is 14.8. The molecule has 1 aliphatic rings. The number of allylic oxidation sites excluding steroid dienone is 5. The van der Waals surface area contributed by atoms with E-state index < -0.39 is 0 Å². The minimum atomic E-state index is -0.272. The van der Waals surface area contributed by atoms with E-state index in [1.54, 1.807) is 0 Å². The molecule has 0 fully saturated rings. The van der Waals surface area contributed by atoms with E-state index in [1.807, 2.05) is 56.6 Å². The summed E-state index contributed by atoms with van der Waals surface area (Å²) in [6.07, 6.45) is 9.63. The standard InChI is InChI=1S/C18H18N2O/c1-20(2)17-6-4-3-5-16(17)13-14-7-9-15(10-8-14)18(21)11-12-19/h3-10,13,15H,11H2,1-2H3. The number of benzene rings is 1. The fourth-order valence-corrected chi connectivity index (χ4v) is 2.25. The lowest BCUT2D eigenvalue weighted by molar-refractivity contribution is -0.119. The van der Waals surface area contributed by atoms with Crippen LogP contribution in [0.15, 0.2) is 54.1 Å². The van der Waals surface area contributed by atoms with Crippen LogP contribution in [0.4, 0.5) is 5.69 Å². The predicted octanol–water partition coefficient (Wildman–Crippen LogP) is 3.36. The molecule has 0 N–H and O–H groups in total. The summed E-state index contributed by atoms with van der Waals surface area (Å²) in [5.41, 5.74) is 3.33. The van der Waals surface area contributed by atoms with Gasteiger partial charge in [-0.15, -0.1) is 0 Å². The molecule has 0 atom stereocenters. The molecule has 0 amide bonds. The van der Waals surface area contributed by atoms with Crippen molar-refractivity contribution in [2.45, 2.75) is 6.42 Å². The molecule has 3 nitrogen and oxygen atoms in total. The Hall–Kier alpha value is -2.60. The molecule has 0 saturated carbocycles. The number of nitrogens with zero attached hydrogens (tertiary/aromatic N) is 2. The molecular formula is C18H18N2O. The number of carbonyl (C=O) groups is 1. The van der Waals surface area contributed by atoms with Crippen LogP contribution >= 0.6 is 0 Å². The summed E-state index contributed by atoms with van der Waals surface area (Å²) >= 11 is 0. The van der Waals surface area contributed by atoms with Gasteiger partial charge in [-0.05, 0) is 23.3 Å². The lowest BCUT2D eigenvalue weighted by Gasteiger charge is -2.16. The monoisotopic (exact) mass is 278 g/mol. The maximum absolute atomic E-state index is 11.7. The van der Waals surface area contributed by atoms with E-state index in [0.717, 1.165) is 16.8 Å². The van der Waals surface area contributed by atoms with Crippen molar-refractivity contribution in [3.63, 3.8) is 0 Å². The fraction of sp³-hybridized carbons (Fsp3) is 0.222. The highest BCUT2D eigenvalue weighted by Crippen LogP contribution is 2.24. The third kappa shape index (κ3) is 3.70. The average molecular weight is 278 g/mol. The van der Waals surface area contributed by atoms with Crippen molar-refractivity contribution in [3.8, 4) is 6.07 Å². The summed E-state index contributed by atoms with van der Waals surface area (Å²) in [7, 11) is 4.03. The van der Waals surface area contributed by atoms with E-state index in [1.165, 1.54) is 0 Å². The first-order valence-electron chi connectivity index (χ1n) is 6.86. The Morgan fingerprint density at radius 2 is 1.95 bits per heavy atom. The van der Waals surface area contributed by atoms with Crippen LogP contribution in [0, 0.1) is 17.2 Å². The lowest BCUT2D eigenvalue weighted by atomic mass is 9.94. The number of hydrogen-bond donors (Lipinski definition) is 0. The molecule has 3 heteroatoms. The van der Waals surface area contributed by atoms with Gasteiger partial charge in [0.05, 0.1) is 18.4 Å². The minimum Gasteiger partial charge on any atom is -0.377 e. The number of carbonyl (C=O) groups excluding carboxylic acids is 1. The van der Waals surface area contributed by atoms with Crippen LogP contribution in [0.5, 0.6) is 0 Å². The number of hydrogen-bond acceptors (Lipinski definition) is 3. The Balaban J connectivity index is 2.19. The molecule has 0 saturated heterocycles. The fourth-order valence-electron chi connectivity index (χ4n) is 2.25. The van der Waals surface area contributed by atoms with Gasteiger partial charge in [0.2, 0.25) is 0 Å². The van der Waals surface area contributed by atoms with E-state index in [0.29, 0.717) is 0 Å². The van der Waals surface area contributed by atoms with Crippen molar-refractivity contribution in [2.75, 3.05) is 19.0 Å². The van der Waals surface area contributed by atoms with Crippen LogP contribution in [0.2, 0.25) is 0 Å². The van der Waals surface area contributed by atoms with Crippen LogP contribution in [0.1, 0.15) is 12.0 Å². The second-order valence-corrected chi connectivity index (χ2v) is 5.14. The molecule has 0 aliphatic heterocycles. The van der Waals surface area contributed by atoms with E-state index in [-0.39, 0.29) is 18.1 Å². The predicted molar refractivity (Wildman–Crippen MR) is 85.8 cm³/mol. The normalized spacial score (nSPS) is 16.4. The molecule has 106 valence electrons. The van der Waals surface area contributed by atoms with Crippen LogP contribution < -0.4 is 4.90 Å². The van der Waals surface area contributed by atoms with Crippen molar-refractivity contribution in [1.29, 1.82) is 5.26 Å². The molecule has 0 aromatic heterocycles. The molecule has 1 aromatic rings. The Kier molecular flexibility index (Phi) is 4.73. The third-order valence-corrected chi connectivity index (χ3v) is 3.36. The molecule has 21 heavy (non-hydrogen) atoms. The molecule has 0 bridgehead atoms. The van der Waals surface area contributed by atoms with E-state index in [9.17, 15) is 4.79 Å². The quantitative estimate of drug-likeness (QED) is 0.848. The summed E-state index contributed by atoms with van der Waals surface area (Å²) in [5.74, 6) is -0.330. The van der Waals surface area contributed by atoms with Gasteiger partial charge in [0.1, 0.15) is 0 Å². The summed E-state index contributed by atoms with van der Waals surface area (Å²) in [6, 6.07) is 10.1. The van der Waals surface area contributed by atoms with Crippen LogP contribution in [-0.4, -0.2) is 19.9 Å². The lowest BCUT2D eigenvalue weighted by Crippen LogP contribution is -2.11. The maximum atomic E-state index is 11.7. The number of Topliss-reactive ketones (excluding diaryl/α,β-unsaturated/α-hetero) is 1. The van der Waals surface area contributed by atoms with Crippen molar-refractivity contribution < 1.29 is 4.79 Å². The first-order chi connectivity index (χ1) is 10.1. The second kappa shape index (κ2) is 6.71. The number of anilines is 1. The second-order valence-electron chi connectivity index (χ2n) is 5.14. The number of rotatable bonds is 4. The summed E-state index contributed by atoms with van der Waals surface area (Å²) in [4.78, 5) is 13.7. The zero-order chi connectivity index (χ0) is 15.2. The summed E-state index contributed by atoms with van der Waals surface area (Å²) in [6.45, 7) is 0. The summed E-state index contributed by atoms with van der Waals surface area (Å²) in [5, 5.41) is 8.56. The van der Waals surface area contributed by atoms with Crippen LogP contribution in [-0.2, 0) is 4.79 Å². The molecule has 0 heterocycles. The van der Waals surface area contributed by atoms with Gasteiger partial charge in [0.15, 0.2) is 5.78 Å². The Labute approximate surface area is 125 Å². The Bertz CT molecular complexity index is 644. The van der Waals surface area contributed by atoms with E-state index in [2.05, 4.69) is 23.1 Å². The number of ketones is 1. The van der Waals surface area contributed by atoms with Crippen LogP contribution in [0.25, 0.3) is 6.08 Å². The highest BCUT2D eigenvalue weighted by atomic mass is 16.1. The molecule has 1 aromatic carbocycles. The topological polar surface area (TPSA) is 44.1 Å². The molecule has 0 radical (unpaired) electrons. The van der Waals surface area contributed by atoms with Crippen molar-refractivity contribution in [1.82, 2.24) is 0 Å². The van der Waals surface area contributed by atoms with Gasteiger partial charge in [0.25, 0.3) is 0 Å². The Morgan fingerprint density at radius 1 is 1.29 bits per heavy atom. The highest BCUT2D eigenvalue weighted by molar-refractivity contribution is 5.87. The van der Waals surface area contributed by atoms with Crippen molar-refractivity contribution >= 4 is 17.5 Å². The summed E-state index contributed by atoms with van der Waals surface area (Å²) < 4.78 is 0. The van der Waals surface area contributed by atoms with E-state index in [4.69, 9.17) is 5.26 Å². The van der Waals surface area contributed by atoms with Crippen molar-refractivity contribution in [2.24, 2.45) is 5.92 Å². The zero-order valence-corrected chi connectivity index (χ0v) is 12.3. The molecule has 0 spiro atoms. The number of para-hydroxylation sites is 1. The minimum absolute atomic E-state index is 0.0398. The number of nitriles is 1. The van der Waals surface area contributed by atoms with Gasteiger partial charge in [-0.3, -0.25) is 4.79 Å². The SMILES string of the molecule is CN(C)c1ccccc1C=C1C=CC(C(=O)CC#N)C=C1. The third-order valence-electron chi connectivity index (χ3n) is 3.36. The molecular weight excluding hydrogens is 260 g/mol. The molecule has 0 unspecified atom stereocenters. The van der Waals surface area contributed by atoms with E-state index >= 15 is 0 Å². The molecule has 1 aliphatic carbocycles. The molecule has 2 rings (SSSR count). The van der Waals surface area contributed by atoms with Gasteiger partial charge in [0, 0.05) is 19.8 Å². The smallest absolute Gasteiger partial charge is 0.157 e. The van der Waals surface area contributed by atoms with Gasteiger partial charge in [-0.2, -0.15) is 5.26 Å². The highest BCUT2D eigenvalue weighted by Gasteiger charge is 2.14. The van der Waals surface area contributed by atoms with Gasteiger partial charge >= 0.3 is 0 Å². The largest absolute Gasteiger partial charge is 0.377 e. The van der Waals surface area contributed by atoms with Gasteiger partial charge in [-0.25, -0.2) is 0 Å². The van der Waals surface area contributed by atoms with Gasteiger partial charge in [-0.1, -0.05) is 42.5 Å². The zero-order valence-electron chi connectivity index (χ0n) is 12.3. The van der Waals surface area contributed by atoms with Crippen LogP contribution in [0.3, 0.4) is 0 Å². The Morgan fingerprint density at radius 3 is 2.57 bits per heavy atom. The first-order valence-corrected chi connectivity index (χ1v) is 6.86. The maximum Gasteiger partial charge on any atom is 0.157 e. The average Bonchev–Trinajstić information content (AvgIpc) is 2.48.